The van der Waals surface area contributed by atoms with Crippen LogP contribution in [-0.2, 0) is 27.2 Å². The van der Waals surface area contributed by atoms with Gasteiger partial charge in [-0.3, -0.25) is 4.79 Å². The molecule has 1 N–H and O–H groups in total. The third-order valence-corrected chi connectivity index (χ3v) is 4.73. The third-order valence-electron chi connectivity index (χ3n) is 4.29. The summed E-state index contributed by atoms with van der Waals surface area (Å²) in [5.74, 6) is -1.07. The van der Waals surface area contributed by atoms with Gasteiger partial charge in [-0.25, -0.2) is 4.79 Å². The first-order valence-electron chi connectivity index (χ1n) is 8.74. The highest BCUT2D eigenvalue weighted by Crippen LogP contribution is 2.18. The van der Waals surface area contributed by atoms with Crippen molar-refractivity contribution in [1.29, 1.82) is 0 Å². The maximum atomic E-state index is 12.4. The molecule has 2 aromatic carbocycles. The molecule has 2 rings (SSSR count). The minimum absolute atomic E-state index is 0.139. The second-order valence-corrected chi connectivity index (χ2v) is 6.58. The molecule has 0 bridgehead atoms. The molecule has 0 saturated heterocycles. The third kappa shape index (κ3) is 6.64. The van der Waals surface area contributed by atoms with E-state index in [1.165, 1.54) is 0 Å². The Hall–Kier alpha value is -2.47. The molecule has 27 heavy (non-hydrogen) atoms. The van der Waals surface area contributed by atoms with Crippen molar-refractivity contribution < 1.29 is 24.2 Å². The molecule has 2 atom stereocenters. The van der Waals surface area contributed by atoms with Gasteiger partial charge in [-0.15, -0.1) is 0 Å². The van der Waals surface area contributed by atoms with E-state index < -0.39 is 24.0 Å². The number of ether oxygens (including phenoxy) is 2. The fraction of sp³-hybridized carbons (Fsp3) is 0.333. The predicted molar refractivity (Wildman–Crippen MR) is 106 cm³/mol. The smallest absolute Gasteiger partial charge is 0.345 e. The number of esters is 1. The number of carboxylic acids is 1. The van der Waals surface area contributed by atoms with Gasteiger partial charge in [0, 0.05) is 12.2 Å². The Morgan fingerprint density at radius 1 is 1.04 bits per heavy atom. The molecule has 144 valence electrons. The van der Waals surface area contributed by atoms with Gasteiger partial charge >= 0.3 is 11.9 Å². The molecule has 0 fully saturated rings. The normalized spacial score (nSPS) is 12.8. The van der Waals surface area contributed by atoms with Gasteiger partial charge in [0.05, 0.1) is 13.0 Å². The van der Waals surface area contributed by atoms with Crippen molar-refractivity contribution in [2.45, 2.75) is 25.4 Å². The molecule has 0 radical (unpaired) electrons. The molecule has 0 amide bonds. The number of rotatable bonds is 10. The van der Waals surface area contributed by atoms with Crippen molar-refractivity contribution >= 4 is 24.6 Å². The van der Waals surface area contributed by atoms with E-state index in [9.17, 15) is 14.7 Å². The molecule has 0 aromatic heterocycles. The van der Waals surface area contributed by atoms with Crippen LogP contribution >= 0.6 is 12.6 Å². The van der Waals surface area contributed by atoms with Crippen LogP contribution in [0.25, 0.3) is 0 Å². The van der Waals surface area contributed by atoms with Crippen molar-refractivity contribution in [1.82, 2.24) is 0 Å². The lowest BCUT2D eigenvalue weighted by atomic mass is 10.0. The SMILES string of the molecule is COc1ccc(CC[C@H](CS)C(=O)O[C@@H](Cc2ccccc2)C(=O)O)cc1. The summed E-state index contributed by atoms with van der Waals surface area (Å²) in [7, 11) is 1.61. The number of benzene rings is 2. The summed E-state index contributed by atoms with van der Waals surface area (Å²) in [5.41, 5.74) is 1.87. The molecule has 0 saturated carbocycles. The Labute approximate surface area is 164 Å². The van der Waals surface area contributed by atoms with Crippen LogP contribution in [0.15, 0.2) is 54.6 Å². The molecule has 0 spiro atoms. The van der Waals surface area contributed by atoms with Gasteiger partial charge in [-0.05, 0) is 36.1 Å². The first-order chi connectivity index (χ1) is 13.0. The van der Waals surface area contributed by atoms with E-state index in [4.69, 9.17) is 9.47 Å². The van der Waals surface area contributed by atoms with Gasteiger partial charge in [-0.1, -0.05) is 42.5 Å². The summed E-state index contributed by atoms with van der Waals surface area (Å²) in [5, 5.41) is 9.39. The molecule has 0 aliphatic carbocycles. The van der Waals surface area contributed by atoms with Crippen molar-refractivity contribution in [3.8, 4) is 5.75 Å². The van der Waals surface area contributed by atoms with E-state index in [1.54, 1.807) is 7.11 Å². The average molecular weight is 388 g/mol. The van der Waals surface area contributed by atoms with E-state index in [0.717, 1.165) is 16.9 Å². The maximum Gasteiger partial charge on any atom is 0.345 e. The van der Waals surface area contributed by atoms with Crippen LogP contribution in [-0.4, -0.2) is 36.0 Å². The Morgan fingerprint density at radius 3 is 2.26 bits per heavy atom. The highest BCUT2D eigenvalue weighted by atomic mass is 32.1. The second kappa shape index (κ2) is 10.6. The van der Waals surface area contributed by atoms with Crippen LogP contribution in [0.1, 0.15) is 17.5 Å². The maximum absolute atomic E-state index is 12.4. The summed E-state index contributed by atoms with van der Waals surface area (Å²) >= 11 is 4.24. The van der Waals surface area contributed by atoms with E-state index in [-0.39, 0.29) is 6.42 Å². The number of carbonyl (C=O) groups is 2. The van der Waals surface area contributed by atoms with Crippen molar-refractivity contribution in [2.75, 3.05) is 12.9 Å². The Balaban J connectivity index is 1.93. The predicted octanol–water partition coefficient (Wildman–Crippen LogP) is 3.41. The number of thiol groups is 1. The molecular weight excluding hydrogens is 364 g/mol. The molecule has 5 nitrogen and oxygen atoms in total. The number of carboxylic acid groups (broad SMARTS) is 1. The molecule has 0 heterocycles. The van der Waals surface area contributed by atoms with E-state index in [0.29, 0.717) is 18.6 Å². The summed E-state index contributed by atoms with van der Waals surface area (Å²) in [6.45, 7) is 0. The number of hydrogen-bond acceptors (Lipinski definition) is 5. The number of carbonyl (C=O) groups excluding carboxylic acids is 1. The Kier molecular flexibility index (Phi) is 8.20. The summed E-state index contributed by atoms with van der Waals surface area (Å²) in [6, 6.07) is 16.7. The molecule has 0 unspecified atom stereocenters. The standard InChI is InChI=1S/C21H24O5S/c1-25-18-11-8-15(9-12-18)7-10-17(14-27)21(24)26-19(20(22)23)13-16-5-3-2-4-6-16/h2-6,8-9,11-12,17,19,27H,7,10,13-14H2,1H3,(H,22,23)/t17-,19+/m1/s1. The van der Waals surface area contributed by atoms with Gasteiger partial charge in [0.25, 0.3) is 0 Å². The van der Waals surface area contributed by atoms with E-state index in [2.05, 4.69) is 12.6 Å². The molecule has 6 heteroatoms. The first-order valence-corrected chi connectivity index (χ1v) is 9.37. The fourth-order valence-electron chi connectivity index (χ4n) is 2.66. The largest absolute Gasteiger partial charge is 0.497 e. The number of aliphatic carboxylic acids is 1. The van der Waals surface area contributed by atoms with Crippen LogP contribution in [0, 0.1) is 5.92 Å². The summed E-state index contributed by atoms with van der Waals surface area (Å²) in [6.07, 6.45) is 0.135. The van der Waals surface area contributed by atoms with Crippen molar-refractivity contribution in [3.05, 3.63) is 65.7 Å². The van der Waals surface area contributed by atoms with Crippen LogP contribution in [0.3, 0.4) is 0 Å². The zero-order valence-electron chi connectivity index (χ0n) is 15.2. The van der Waals surface area contributed by atoms with Gasteiger partial charge < -0.3 is 14.6 Å². The summed E-state index contributed by atoms with van der Waals surface area (Å²) in [4.78, 5) is 23.9. The minimum atomic E-state index is -1.21. The van der Waals surface area contributed by atoms with Crippen LogP contribution in [0.4, 0.5) is 0 Å². The first kappa shape index (κ1) is 20.8. The van der Waals surface area contributed by atoms with Gasteiger partial charge in [0.15, 0.2) is 0 Å². The average Bonchev–Trinajstić information content (AvgIpc) is 2.69. The topological polar surface area (TPSA) is 72.8 Å². The van der Waals surface area contributed by atoms with Gasteiger partial charge in [-0.2, -0.15) is 12.6 Å². The lowest BCUT2D eigenvalue weighted by molar-refractivity contribution is -0.166. The van der Waals surface area contributed by atoms with Crippen molar-refractivity contribution in [2.24, 2.45) is 5.92 Å². The molecule has 2 aromatic rings. The molecule has 0 aliphatic rings. The fourth-order valence-corrected chi connectivity index (χ4v) is 2.99. The Bertz CT molecular complexity index is 730. The van der Waals surface area contributed by atoms with Gasteiger partial charge in [0.2, 0.25) is 6.10 Å². The zero-order valence-corrected chi connectivity index (χ0v) is 16.1. The lowest BCUT2D eigenvalue weighted by Crippen LogP contribution is -2.32. The van der Waals surface area contributed by atoms with Crippen LogP contribution in [0.2, 0.25) is 0 Å². The molecular formula is C21H24O5S. The zero-order chi connectivity index (χ0) is 19.6. The van der Waals surface area contributed by atoms with E-state index in [1.807, 2.05) is 54.6 Å². The highest BCUT2D eigenvalue weighted by Gasteiger charge is 2.27. The summed E-state index contributed by atoms with van der Waals surface area (Å²) < 4.78 is 10.4. The number of methoxy groups -OCH3 is 1. The molecule has 0 aliphatic heterocycles. The van der Waals surface area contributed by atoms with Crippen LogP contribution in [0.5, 0.6) is 5.75 Å². The number of aryl methyl sites for hydroxylation is 1. The van der Waals surface area contributed by atoms with Crippen molar-refractivity contribution in [3.63, 3.8) is 0 Å². The second-order valence-electron chi connectivity index (χ2n) is 6.22. The monoisotopic (exact) mass is 388 g/mol. The minimum Gasteiger partial charge on any atom is -0.497 e. The quantitative estimate of drug-likeness (QED) is 0.482. The van der Waals surface area contributed by atoms with Gasteiger partial charge in [0.1, 0.15) is 5.75 Å². The van der Waals surface area contributed by atoms with Crippen LogP contribution < -0.4 is 4.74 Å². The lowest BCUT2D eigenvalue weighted by Gasteiger charge is -2.18. The highest BCUT2D eigenvalue weighted by molar-refractivity contribution is 7.80. The Morgan fingerprint density at radius 2 is 1.70 bits per heavy atom. The van der Waals surface area contributed by atoms with E-state index >= 15 is 0 Å². The number of hydrogen-bond donors (Lipinski definition) is 2.